The highest BCUT2D eigenvalue weighted by Crippen LogP contribution is 2.23. The second-order valence-electron chi connectivity index (χ2n) is 4.87. The Labute approximate surface area is 134 Å². The molecule has 120 valence electrons. The molecule has 2 aromatic carbocycles. The number of amides is 1. The van der Waals surface area contributed by atoms with Crippen LogP contribution in [0, 0.1) is 5.82 Å². The molecule has 0 atom stereocenters. The Hall–Kier alpha value is -2.82. The minimum atomic E-state index is -0.337. The van der Waals surface area contributed by atoms with E-state index in [1.54, 1.807) is 36.4 Å². The number of carbonyl (C=O) groups is 1. The maximum Gasteiger partial charge on any atom is 0.244 e. The van der Waals surface area contributed by atoms with Crippen LogP contribution in [0.25, 0.3) is 6.08 Å². The summed E-state index contributed by atoms with van der Waals surface area (Å²) in [6.45, 7) is 2.56. The SMILES string of the molecule is CCOc1ccc(/C=C\C(=O)NCc2ccccc2F)cc1N. The molecule has 0 aliphatic heterocycles. The fraction of sp³-hybridized carbons (Fsp3) is 0.167. The van der Waals surface area contributed by atoms with E-state index < -0.39 is 0 Å². The van der Waals surface area contributed by atoms with Gasteiger partial charge in [0, 0.05) is 18.2 Å². The number of anilines is 1. The Morgan fingerprint density at radius 1 is 1.30 bits per heavy atom. The van der Waals surface area contributed by atoms with Crippen molar-refractivity contribution in [3.63, 3.8) is 0 Å². The monoisotopic (exact) mass is 314 g/mol. The Kier molecular flexibility index (Phi) is 5.74. The van der Waals surface area contributed by atoms with Crippen molar-refractivity contribution in [3.8, 4) is 5.75 Å². The minimum Gasteiger partial charge on any atom is -0.492 e. The maximum atomic E-state index is 13.4. The molecule has 0 aliphatic rings. The third-order valence-electron chi connectivity index (χ3n) is 3.17. The lowest BCUT2D eigenvalue weighted by Gasteiger charge is -2.07. The van der Waals surface area contributed by atoms with Crippen LogP contribution in [0.5, 0.6) is 5.75 Å². The number of hydrogen-bond acceptors (Lipinski definition) is 3. The molecule has 0 unspecified atom stereocenters. The lowest BCUT2D eigenvalue weighted by Crippen LogP contribution is -2.20. The van der Waals surface area contributed by atoms with Crippen LogP contribution in [-0.4, -0.2) is 12.5 Å². The molecule has 0 aliphatic carbocycles. The zero-order chi connectivity index (χ0) is 16.7. The topological polar surface area (TPSA) is 64.3 Å². The van der Waals surface area contributed by atoms with Crippen LogP contribution in [0.2, 0.25) is 0 Å². The smallest absolute Gasteiger partial charge is 0.244 e. The number of rotatable bonds is 6. The first-order chi connectivity index (χ1) is 11.1. The highest BCUT2D eigenvalue weighted by atomic mass is 19.1. The van der Waals surface area contributed by atoms with Gasteiger partial charge < -0.3 is 15.8 Å². The first-order valence-electron chi connectivity index (χ1n) is 7.31. The molecule has 1 amide bonds. The standard InChI is InChI=1S/C18H19FN2O2/c1-2-23-17-9-7-13(11-16(17)20)8-10-18(22)21-12-14-5-3-4-6-15(14)19/h3-11H,2,12,20H2,1H3,(H,21,22)/b10-8-. The third kappa shape index (κ3) is 4.85. The van der Waals surface area contributed by atoms with Crippen molar-refractivity contribution in [1.29, 1.82) is 0 Å². The summed E-state index contributed by atoms with van der Waals surface area (Å²) in [5, 5.41) is 2.63. The largest absolute Gasteiger partial charge is 0.492 e. The van der Waals surface area contributed by atoms with E-state index >= 15 is 0 Å². The number of nitrogen functional groups attached to an aromatic ring is 1. The second kappa shape index (κ2) is 7.98. The number of nitrogens with one attached hydrogen (secondary N) is 1. The van der Waals surface area contributed by atoms with E-state index in [0.29, 0.717) is 23.6 Å². The predicted molar refractivity (Wildman–Crippen MR) is 89.3 cm³/mol. The average Bonchev–Trinajstić information content (AvgIpc) is 2.54. The van der Waals surface area contributed by atoms with Gasteiger partial charge >= 0.3 is 0 Å². The van der Waals surface area contributed by atoms with Gasteiger partial charge in [-0.25, -0.2) is 4.39 Å². The van der Waals surface area contributed by atoms with E-state index in [1.165, 1.54) is 12.1 Å². The van der Waals surface area contributed by atoms with Gasteiger partial charge in [-0.05, 0) is 36.8 Å². The highest BCUT2D eigenvalue weighted by Gasteiger charge is 2.03. The molecule has 0 spiro atoms. The summed E-state index contributed by atoms with van der Waals surface area (Å²) >= 11 is 0. The zero-order valence-electron chi connectivity index (χ0n) is 12.9. The summed E-state index contributed by atoms with van der Waals surface area (Å²) in [5.74, 6) is -0.0228. The van der Waals surface area contributed by atoms with Crippen molar-refractivity contribution in [2.45, 2.75) is 13.5 Å². The molecule has 4 nitrogen and oxygen atoms in total. The van der Waals surface area contributed by atoms with Gasteiger partial charge in [0.2, 0.25) is 5.91 Å². The fourth-order valence-electron chi connectivity index (χ4n) is 2.01. The van der Waals surface area contributed by atoms with Crippen LogP contribution in [0.1, 0.15) is 18.1 Å². The summed E-state index contributed by atoms with van der Waals surface area (Å²) in [5.41, 5.74) is 7.61. The van der Waals surface area contributed by atoms with Crippen LogP contribution < -0.4 is 15.8 Å². The molecule has 0 aromatic heterocycles. The molecule has 2 rings (SSSR count). The Morgan fingerprint density at radius 2 is 2.09 bits per heavy atom. The van der Waals surface area contributed by atoms with Gasteiger partial charge in [0.25, 0.3) is 0 Å². The van der Waals surface area contributed by atoms with E-state index in [-0.39, 0.29) is 18.3 Å². The first-order valence-corrected chi connectivity index (χ1v) is 7.31. The van der Waals surface area contributed by atoms with Gasteiger partial charge in [-0.15, -0.1) is 0 Å². The molecule has 5 heteroatoms. The van der Waals surface area contributed by atoms with Crippen molar-refractivity contribution < 1.29 is 13.9 Å². The summed E-state index contributed by atoms with van der Waals surface area (Å²) in [4.78, 5) is 11.8. The van der Waals surface area contributed by atoms with Crippen LogP contribution in [0.4, 0.5) is 10.1 Å². The molecule has 0 bridgehead atoms. The van der Waals surface area contributed by atoms with Gasteiger partial charge in [-0.3, -0.25) is 4.79 Å². The molecule has 0 radical (unpaired) electrons. The minimum absolute atomic E-state index is 0.140. The van der Waals surface area contributed by atoms with E-state index in [2.05, 4.69) is 5.32 Å². The summed E-state index contributed by atoms with van der Waals surface area (Å²) in [7, 11) is 0. The van der Waals surface area contributed by atoms with Gasteiger partial charge in [0.15, 0.2) is 0 Å². The van der Waals surface area contributed by atoms with Gasteiger partial charge in [0.1, 0.15) is 11.6 Å². The average molecular weight is 314 g/mol. The molecule has 2 aromatic rings. The van der Waals surface area contributed by atoms with Crippen LogP contribution in [0.15, 0.2) is 48.5 Å². The lowest BCUT2D eigenvalue weighted by atomic mass is 10.1. The van der Waals surface area contributed by atoms with Crippen LogP contribution in [0.3, 0.4) is 0 Å². The molecule has 0 fully saturated rings. The molecule has 0 heterocycles. The summed E-state index contributed by atoms with van der Waals surface area (Å²) in [6, 6.07) is 11.6. The van der Waals surface area contributed by atoms with E-state index in [1.807, 2.05) is 13.0 Å². The number of halogens is 1. The van der Waals surface area contributed by atoms with Crippen molar-refractivity contribution in [2.24, 2.45) is 0 Å². The number of hydrogen-bond donors (Lipinski definition) is 2. The van der Waals surface area contributed by atoms with Gasteiger partial charge in [-0.2, -0.15) is 0 Å². The highest BCUT2D eigenvalue weighted by molar-refractivity contribution is 5.91. The number of benzene rings is 2. The number of nitrogens with two attached hydrogens (primary N) is 1. The van der Waals surface area contributed by atoms with Gasteiger partial charge in [-0.1, -0.05) is 24.3 Å². The Balaban J connectivity index is 1.93. The van der Waals surface area contributed by atoms with Crippen molar-refractivity contribution in [3.05, 3.63) is 65.5 Å². The first kappa shape index (κ1) is 16.5. The third-order valence-corrected chi connectivity index (χ3v) is 3.17. The molecular weight excluding hydrogens is 295 g/mol. The molecule has 23 heavy (non-hydrogen) atoms. The van der Waals surface area contributed by atoms with Crippen molar-refractivity contribution in [1.82, 2.24) is 5.32 Å². The summed E-state index contributed by atoms with van der Waals surface area (Å²) < 4.78 is 18.8. The van der Waals surface area contributed by atoms with E-state index in [9.17, 15) is 9.18 Å². The normalized spacial score (nSPS) is 10.7. The quantitative estimate of drug-likeness (QED) is 0.636. The van der Waals surface area contributed by atoms with Crippen molar-refractivity contribution >= 4 is 17.7 Å². The maximum absolute atomic E-state index is 13.4. The fourth-order valence-corrected chi connectivity index (χ4v) is 2.01. The molecular formula is C18H19FN2O2. The zero-order valence-corrected chi connectivity index (χ0v) is 12.9. The molecule has 0 saturated carbocycles. The molecule has 0 saturated heterocycles. The predicted octanol–water partition coefficient (Wildman–Crippen LogP) is 3.14. The van der Waals surface area contributed by atoms with Gasteiger partial charge in [0.05, 0.1) is 12.3 Å². The van der Waals surface area contributed by atoms with Crippen LogP contribution in [-0.2, 0) is 11.3 Å². The van der Waals surface area contributed by atoms with E-state index in [4.69, 9.17) is 10.5 Å². The van der Waals surface area contributed by atoms with Crippen LogP contribution >= 0.6 is 0 Å². The van der Waals surface area contributed by atoms with Crippen molar-refractivity contribution in [2.75, 3.05) is 12.3 Å². The Morgan fingerprint density at radius 3 is 2.78 bits per heavy atom. The lowest BCUT2D eigenvalue weighted by molar-refractivity contribution is -0.116. The second-order valence-corrected chi connectivity index (χ2v) is 4.87. The number of ether oxygens (including phenoxy) is 1. The van der Waals surface area contributed by atoms with E-state index in [0.717, 1.165) is 5.56 Å². The number of carbonyl (C=O) groups excluding carboxylic acids is 1. The Bertz CT molecular complexity index is 714. The molecule has 3 N–H and O–H groups in total. The summed E-state index contributed by atoms with van der Waals surface area (Å²) in [6.07, 6.45) is 3.03.